The first-order valence-corrected chi connectivity index (χ1v) is 8.44. The zero-order valence-corrected chi connectivity index (χ0v) is 14.0. The van der Waals surface area contributed by atoms with E-state index in [9.17, 15) is 9.59 Å². The molecule has 3 rings (SSSR count). The molecule has 2 aromatic rings. The van der Waals surface area contributed by atoms with E-state index in [1.807, 2.05) is 12.1 Å². The van der Waals surface area contributed by atoms with E-state index in [-0.39, 0.29) is 11.3 Å². The van der Waals surface area contributed by atoms with Crippen molar-refractivity contribution in [2.75, 3.05) is 46.3 Å². The van der Waals surface area contributed by atoms with Gasteiger partial charge in [-0.25, -0.2) is 0 Å². The van der Waals surface area contributed by atoms with Crippen LogP contribution in [-0.4, -0.2) is 67.0 Å². The van der Waals surface area contributed by atoms with E-state index in [0.717, 1.165) is 39.1 Å². The highest BCUT2D eigenvalue weighted by atomic mass is 16.2. The van der Waals surface area contributed by atoms with Crippen LogP contribution in [0.1, 0.15) is 16.9 Å². The number of H-pyrrole nitrogens is 1. The third-order valence-electron chi connectivity index (χ3n) is 4.51. The molecular weight excluding hydrogens is 304 g/mol. The monoisotopic (exact) mass is 328 g/mol. The lowest BCUT2D eigenvalue weighted by molar-refractivity contribution is 0.0944. The zero-order chi connectivity index (χ0) is 16.9. The minimum atomic E-state index is -0.226. The number of aromatic amines is 1. The summed E-state index contributed by atoms with van der Waals surface area (Å²) in [6.07, 6.45) is 0.910. The van der Waals surface area contributed by atoms with Crippen molar-refractivity contribution in [1.29, 1.82) is 0 Å². The number of aromatic nitrogens is 1. The highest BCUT2D eigenvalue weighted by Gasteiger charge is 2.13. The summed E-state index contributed by atoms with van der Waals surface area (Å²) in [5.74, 6) is -0.226. The van der Waals surface area contributed by atoms with Crippen LogP contribution in [0.2, 0.25) is 0 Å². The van der Waals surface area contributed by atoms with Crippen LogP contribution in [0.25, 0.3) is 10.9 Å². The zero-order valence-electron chi connectivity index (χ0n) is 14.0. The number of pyridine rings is 1. The number of para-hydroxylation sites is 1. The number of fused-ring (bicyclic) bond motifs is 1. The molecule has 1 aromatic carbocycles. The first-order valence-electron chi connectivity index (χ1n) is 8.44. The van der Waals surface area contributed by atoms with Gasteiger partial charge in [-0.15, -0.1) is 0 Å². The molecule has 2 heterocycles. The molecule has 24 heavy (non-hydrogen) atoms. The summed E-state index contributed by atoms with van der Waals surface area (Å²) in [7, 11) is 2.14. The third kappa shape index (κ3) is 4.01. The molecule has 1 aromatic heterocycles. The molecule has 1 aliphatic heterocycles. The Kier molecular flexibility index (Phi) is 5.27. The van der Waals surface area contributed by atoms with Crippen LogP contribution in [0.15, 0.2) is 35.1 Å². The lowest BCUT2D eigenvalue weighted by Gasteiger charge is -2.32. The summed E-state index contributed by atoms with van der Waals surface area (Å²) >= 11 is 0. The number of carbonyl (C=O) groups excluding carboxylic acids is 1. The van der Waals surface area contributed by atoms with E-state index in [4.69, 9.17) is 0 Å². The molecule has 0 atom stereocenters. The highest BCUT2D eigenvalue weighted by molar-refractivity contribution is 5.94. The van der Waals surface area contributed by atoms with Crippen molar-refractivity contribution in [2.45, 2.75) is 6.42 Å². The Bertz CT molecular complexity index is 763. The van der Waals surface area contributed by atoms with Gasteiger partial charge in [0, 0.05) is 49.7 Å². The number of hydrogen-bond acceptors (Lipinski definition) is 4. The second kappa shape index (κ2) is 7.59. The van der Waals surface area contributed by atoms with Gasteiger partial charge in [-0.05, 0) is 32.1 Å². The van der Waals surface area contributed by atoms with E-state index in [2.05, 4.69) is 27.1 Å². The maximum atomic E-state index is 12.2. The van der Waals surface area contributed by atoms with Gasteiger partial charge < -0.3 is 20.1 Å². The molecular formula is C18H24N4O2. The number of benzene rings is 1. The Hall–Kier alpha value is -2.18. The molecule has 0 radical (unpaired) electrons. The van der Waals surface area contributed by atoms with Gasteiger partial charge in [-0.1, -0.05) is 12.1 Å². The largest absolute Gasteiger partial charge is 0.351 e. The number of hydrogen-bond donors (Lipinski definition) is 2. The summed E-state index contributed by atoms with van der Waals surface area (Å²) in [5.41, 5.74) is 0.873. The van der Waals surface area contributed by atoms with Crippen LogP contribution in [-0.2, 0) is 0 Å². The number of nitrogens with zero attached hydrogens (tertiary/aromatic N) is 2. The number of carbonyl (C=O) groups is 1. The van der Waals surface area contributed by atoms with E-state index < -0.39 is 0 Å². The van der Waals surface area contributed by atoms with Gasteiger partial charge in [0.15, 0.2) is 5.43 Å². The van der Waals surface area contributed by atoms with Crippen molar-refractivity contribution in [2.24, 2.45) is 0 Å². The van der Waals surface area contributed by atoms with E-state index >= 15 is 0 Å². The molecule has 128 valence electrons. The molecule has 6 heteroatoms. The first-order chi connectivity index (χ1) is 11.6. The van der Waals surface area contributed by atoms with E-state index in [1.165, 1.54) is 6.07 Å². The Labute approximate surface area is 141 Å². The number of rotatable bonds is 5. The third-order valence-corrected chi connectivity index (χ3v) is 4.51. The standard InChI is InChI=1S/C18H24N4O2/c1-21-9-11-22(12-10-21)8-4-7-19-18(24)16-13-17(23)14-5-2-3-6-15(14)20-16/h2-3,5-6,13H,4,7-12H2,1H3,(H,19,24)(H,20,23). The Morgan fingerprint density at radius 2 is 1.96 bits per heavy atom. The first kappa shape index (κ1) is 16.7. The summed E-state index contributed by atoms with van der Waals surface area (Å²) in [6.45, 7) is 5.97. The molecule has 0 spiro atoms. The van der Waals surface area contributed by atoms with Crippen LogP contribution < -0.4 is 10.7 Å². The second-order valence-corrected chi connectivity index (χ2v) is 6.35. The SMILES string of the molecule is CN1CCN(CCCNC(=O)c2cc(=O)c3ccccc3[nH]2)CC1. The van der Waals surface area contributed by atoms with Crippen LogP contribution in [0.3, 0.4) is 0 Å². The number of nitrogens with one attached hydrogen (secondary N) is 2. The molecule has 1 saturated heterocycles. The minimum Gasteiger partial charge on any atom is -0.351 e. The summed E-state index contributed by atoms with van der Waals surface area (Å²) < 4.78 is 0. The molecule has 1 amide bonds. The molecule has 0 saturated carbocycles. The maximum Gasteiger partial charge on any atom is 0.267 e. The highest BCUT2D eigenvalue weighted by Crippen LogP contribution is 2.07. The molecule has 6 nitrogen and oxygen atoms in total. The van der Waals surface area contributed by atoms with Gasteiger partial charge in [-0.3, -0.25) is 9.59 Å². The van der Waals surface area contributed by atoms with Crippen molar-refractivity contribution in [3.63, 3.8) is 0 Å². The Balaban J connectivity index is 1.51. The van der Waals surface area contributed by atoms with Gasteiger partial charge in [0.25, 0.3) is 5.91 Å². The van der Waals surface area contributed by atoms with Crippen LogP contribution in [0, 0.1) is 0 Å². The number of piperazine rings is 1. The van der Waals surface area contributed by atoms with Gasteiger partial charge in [0.2, 0.25) is 0 Å². The lowest BCUT2D eigenvalue weighted by atomic mass is 10.2. The lowest BCUT2D eigenvalue weighted by Crippen LogP contribution is -2.45. The fourth-order valence-electron chi connectivity index (χ4n) is 2.99. The average molecular weight is 328 g/mol. The molecule has 0 aliphatic carbocycles. The van der Waals surface area contributed by atoms with Crippen molar-refractivity contribution in [3.8, 4) is 0 Å². The minimum absolute atomic E-state index is 0.132. The fraction of sp³-hybridized carbons (Fsp3) is 0.444. The van der Waals surface area contributed by atoms with Crippen LogP contribution in [0.4, 0.5) is 0 Å². The number of likely N-dealkylation sites (N-methyl/N-ethyl adjacent to an activating group) is 1. The Morgan fingerprint density at radius 1 is 1.21 bits per heavy atom. The van der Waals surface area contributed by atoms with Crippen molar-refractivity contribution in [3.05, 3.63) is 46.2 Å². The maximum absolute atomic E-state index is 12.2. The normalized spacial score (nSPS) is 16.4. The van der Waals surface area contributed by atoms with Gasteiger partial charge in [-0.2, -0.15) is 0 Å². The van der Waals surface area contributed by atoms with Crippen molar-refractivity contribution in [1.82, 2.24) is 20.1 Å². The van der Waals surface area contributed by atoms with E-state index in [0.29, 0.717) is 23.1 Å². The van der Waals surface area contributed by atoms with Crippen molar-refractivity contribution < 1.29 is 4.79 Å². The molecule has 1 aliphatic rings. The summed E-state index contributed by atoms with van der Waals surface area (Å²) in [5, 5.41) is 3.49. The average Bonchev–Trinajstić information content (AvgIpc) is 2.60. The molecule has 0 unspecified atom stereocenters. The van der Waals surface area contributed by atoms with Gasteiger partial charge in [0.05, 0.1) is 0 Å². The summed E-state index contributed by atoms with van der Waals surface area (Å²) in [6, 6.07) is 8.59. The molecule has 1 fully saturated rings. The molecule has 0 bridgehead atoms. The predicted molar refractivity (Wildman–Crippen MR) is 95.5 cm³/mol. The van der Waals surface area contributed by atoms with E-state index in [1.54, 1.807) is 12.1 Å². The fourth-order valence-corrected chi connectivity index (χ4v) is 2.99. The topological polar surface area (TPSA) is 68.4 Å². The second-order valence-electron chi connectivity index (χ2n) is 6.35. The summed E-state index contributed by atoms with van der Waals surface area (Å²) in [4.78, 5) is 32.1. The quantitative estimate of drug-likeness (QED) is 0.800. The Morgan fingerprint density at radius 3 is 2.75 bits per heavy atom. The number of amides is 1. The van der Waals surface area contributed by atoms with Gasteiger partial charge in [0.1, 0.15) is 5.69 Å². The van der Waals surface area contributed by atoms with Gasteiger partial charge >= 0.3 is 0 Å². The van der Waals surface area contributed by atoms with Crippen LogP contribution >= 0.6 is 0 Å². The predicted octanol–water partition coefficient (Wildman–Crippen LogP) is 0.895. The smallest absolute Gasteiger partial charge is 0.267 e. The van der Waals surface area contributed by atoms with Crippen LogP contribution in [0.5, 0.6) is 0 Å². The van der Waals surface area contributed by atoms with Crippen molar-refractivity contribution >= 4 is 16.8 Å². The molecule has 2 N–H and O–H groups in total.